The smallest absolute Gasteiger partial charge is 0.127 e. The molecule has 0 radical (unpaired) electrons. The Labute approximate surface area is 157 Å². The molecule has 0 amide bonds. The summed E-state index contributed by atoms with van der Waals surface area (Å²) in [6.45, 7) is 3.76. The molecule has 2 aromatic rings. The zero-order chi connectivity index (χ0) is 17.7. The molecule has 2 nitrogen and oxygen atoms in total. The van der Waals surface area contributed by atoms with Crippen LogP contribution in [0.25, 0.3) is 10.8 Å². The minimum atomic E-state index is 0.730. The molecule has 0 N–H and O–H groups in total. The fourth-order valence-corrected chi connectivity index (χ4v) is 3.13. The maximum Gasteiger partial charge on any atom is 0.127 e. The third-order valence-corrected chi connectivity index (χ3v) is 4.65. The van der Waals surface area contributed by atoms with Crippen molar-refractivity contribution < 1.29 is 9.47 Å². The van der Waals surface area contributed by atoms with Gasteiger partial charge in [0.2, 0.25) is 0 Å². The summed E-state index contributed by atoms with van der Waals surface area (Å²) in [5, 5.41) is 2.26. The standard InChI is InChI=1S/C22H31ClO2/c1-2-3-4-5-10-17-24-21-14-15-22(25-18-11-6-9-16-23)20-13-8-7-12-19(20)21/h7-8,12-15H,2-6,9-11,16-18H2,1H3. The van der Waals surface area contributed by atoms with E-state index in [4.69, 9.17) is 21.1 Å². The van der Waals surface area contributed by atoms with E-state index in [1.165, 1.54) is 25.7 Å². The van der Waals surface area contributed by atoms with E-state index in [2.05, 4.69) is 31.2 Å². The second-order valence-corrected chi connectivity index (χ2v) is 6.85. The number of hydrogen-bond donors (Lipinski definition) is 0. The van der Waals surface area contributed by atoms with Crippen LogP contribution >= 0.6 is 11.6 Å². The van der Waals surface area contributed by atoms with Crippen molar-refractivity contribution in [2.45, 2.75) is 58.3 Å². The van der Waals surface area contributed by atoms with E-state index >= 15 is 0 Å². The molecule has 0 atom stereocenters. The molecule has 0 spiro atoms. The number of benzene rings is 2. The van der Waals surface area contributed by atoms with Gasteiger partial charge in [-0.1, -0.05) is 56.9 Å². The van der Waals surface area contributed by atoms with Gasteiger partial charge in [-0.05, 0) is 37.8 Å². The number of ether oxygens (including phenoxy) is 2. The SMILES string of the molecule is CCCCCCCOc1ccc(OCCCCCCl)c2ccccc12. The molecule has 25 heavy (non-hydrogen) atoms. The molecular weight excluding hydrogens is 332 g/mol. The lowest BCUT2D eigenvalue weighted by Gasteiger charge is -2.13. The first kappa shape index (κ1) is 19.9. The van der Waals surface area contributed by atoms with E-state index in [0.717, 1.165) is 67.0 Å². The van der Waals surface area contributed by atoms with Gasteiger partial charge in [0.1, 0.15) is 11.5 Å². The maximum absolute atomic E-state index is 6.04. The summed E-state index contributed by atoms with van der Waals surface area (Å²) in [7, 11) is 0. The van der Waals surface area contributed by atoms with Crippen molar-refractivity contribution in [3.8, 4) is 11.5 Å². The van der Waals surface area contributed by atoms with Crippen molar-refractivity contribution in [1.29, 1.82) is 0 Å². The van der Waals surface area contributed by atoms with Gasteiger partial charge in [-0.2, -0.15) is 0 Å². The van der Waals surface area contributed by atoms with Crippen molar-refractivity contribution in [3.05, 3.63) is 36.4 Å². The molecule has 0 fully saturated rings. The van der Waals surface area contributed by atoms with Crippen LogP contribution in [0.5, 0.6) is 11.5 Å². The molecule has 0 saturated heterocycles. The second kappa shape index (κ2) is 12.0. The summed E-state index contributed by atoms with van der Waals surface area (Å²) < 4.78 is 12.0. The molecule has 0 aliphatic rings. The molecule has 138 valence electrons. The highest BCUT2D eigenvalue weighted by Gasteiger charge is 2.07. The third kappa shape index (κ3) is 6.78. The van der Waals surface area contributed by atoms with Crippen LogP contribution in [0.4, 0.5) is 0 Å². The normalized spacial score (nSPS) is 11.0. The van der Waals surface area contributed by atoms with Crippen LogP contribution in [0.15, 0.2) is 36.4 Å². The van der Waals surface area contributed by atoms with E-state index in [1.54, 1.807) is 0 Å². The van der Waals surface area contributed by atoms with E-state index < -0.39 is 0 Å². The fraction of sp³-hybridized carbons (Fsp3) is 0.545. The van der Waals surface area contributed by atoms with Gasteiger partial charge >= 0.3 is 0 Å². The van der Waals surface area contributed by atoms with Crippen molar-refractivity contribution in [2.24, 2.45) is 0 Å². The highest BCUT2D eigenvalue weighted by atomic mass is 35.5. The van der Waals surface area contributed by atoms with Gasteiger partial charge in [0.05, 0.1) is 13.2 Å². The first-order valence-electron chi connectivity index (χ1n) is 9.70. The summed E-state index contributed by atoms with van der Waals surface area (Å²) in [4.78, 5) is 0. The first-order chi connectivity index (χ1) is 12.4. The fourth-order valence-electron chi connectivity index (χ4n) is 2.94. The largest absolute Gasteiger partial charge is 0.493 e. The predicted octanol–water partition coefficient (Wildman–Crippen LogP) is 6.98. The van der Waals surface area contributed by atoms with Crippen LogP contribution in [0.2, 0.25) is 0 Å². The number of fused-ring (bicyclic) bond motifs is 1. The van der Waals surface area contributed by atoms with Gasteiger partial charge in [-0.3, -0.25) is 0 Å². The Balaban J connectivity index is 1.92. The summed E-state index contributed by atoms with van der Waals surface area (Å²) in [5.41, 5.74) is 0. The zero-order valence-corrected chi connectivity index (χ0v) is 16.2. The summed E-state index contributed by atoms with van der Waals surface area (Å²) >= 11 is 5.72. The van der Waals surface area contributed by atoms with Crippen LogP contribution in [-0.2, 0) is 0 Å². The summed E-state index contributed by atoms with van der Waals surface area (Å²) in [6, 6.07) is 12.4. The van der Waals surface area contributed by atoms with Gasteiger partial charge in [-0.25, -0.2) is 0 Å². The van der Waals surface area contributed by atoms with Crippen molar-refractivity contribution in [2.75, 3.05) is 19.1 Å². The van der Waals surface area contributed by atoms with Gasteiger partial charge in [0.25, 0.3) is 0 Å². The topological polar surface area (TPSA) is 18.5 Å². The molecular formula is C22H31ClO2. The number of rotatable bonds is 13. The lowest BCUT2D eigenvalue weighted by Crippen LogP contribution is -2.00. The Morgan fingerprint density at radius 2 is 1.20 bits per heavy atom. The Bertz CT molecular complexity index is 612. The monoisotopic (exact) mass is 362 g/mol. The molecule has 2 rings (SSSR count). The summed E-state index contributed by atoms with van der Waals surface area (Å²) in [6.07, 6.45) is 9.46. The first-order valence-corrected chi connectivity index (χ1v) is 10.2. The second-order valence-electron chi connectivity index (χ2n) is 6.47. The van der Waals surface area contributed by atoms with Crippen molar-refractivity contribution in [1.82, 2.24) is 0 Å². The molecule has 0 aromatic heterocycles. The van der Waals surface area contributed by atoms with E-state index in [-0.39, 0.29) is 0 Å². The summed E-state index contributed by atoms with van der Waals surface area (Å²) in [5.74, 6) is 2.63. The average Bonchev–Trinajstić information content (AvgIpc) is 2.65. The zero-order valence-electron chi connectivity index (χ0n) is 15.4. The third-order valence-electron chi connectivity index (χ3n) is 4.39. The van der Waals surface area contributed by atoms with Gasteiger partial charge < -0.3 is 9.47 Å². The van der Waals surface area contributed by atoms with E-state index in [0.29, 0.717) is 0 Å². The molecule has 0 heterocycles. The quantitative estimate of drug-likeness (QED) is 0.282. The van der Waals surface area contributed by atoms with Crippen LogP contribution in [0, 0.1) is 0 Å². The predicted molar refractivity (Wildman–Crippen MR) is 108 cm³/mol. The number of unbranched alkanes of at least 4 members (excludes halogenated alkanes) is 6. The molecule has 2 aromatic carbocycles. The molecule has 3 heteroatoms. The number of alkyl halides is 1. The lowest BCUT2D eigenvalue weighted by molar-refractivity contribution is 0.302. The minimum absolute atomic E-state index is 0.730. The molecule has 0 unspecified atom stereocenters. The van der Waals surface area contributed by atoms with Crippen LogP contribution in [0.1, 0.15) is 58.3 Å². The van der Waals surface area contributed by atoms with E-state index in [1.807, 2.05) is 12.1 Å². The van der Waals surface area contributed by atoms with E-state index in [9.17, 15) is 0 Å². The van der Waals surface area contributed by atoms with Crippen molar-refractivity contribution >= 4 is 22.4 Å². The average molecular weight is 363 g/mol. The van der Waals surface area contributed by atoms with Gasteiger partial charge in [0, 0.05) is 16.7 Å². The highest BCUT2D eigenvalue weighted by Crippen LogP contribution is 2.33. The Morgan fingerprint density at radius 3 is 1.72 bits per heavy atom. The van der Waals surface area contributed by atoms with Crippen LogP contribution < -0.4 is 9.47 Å². The van der Waals surface area contributed by atoms with Gasteiger partial charge in [0.15, 0.2) is 0 Å². The molecule has 0 aliphatic heterocycles. The highest BCUT2D eigenvalue weighted by molar-refractivity contribution is 6.17. The Hall–Kier alpha value is -1.41. The van der Waals surface area contributed by atoms with Gasteiger partial charge in [-0.15, -0.1) is 11.6 Å². The van der Waals surface area contributed by atoms with Crippen LogP contribution in [-0.4, -0.2) is 19.1 Å². The minimum Gasteiger partial charge on any atom is -0.493 e. The van der Waals surface area contributed by atoms with Crippen LogP contribution in [0.3, 0.4) is 0 Å². The molecule has 0 bridgehead atoms. The van der Waals surface area contributed by atoms with Crippen molar-refractivity contribution in [3.63, 3.8) is 0 Å². The Kier molecular flexibility index (Phi) is 9.58. The molecule has 0 aliphatic carbocycles. The number of hydrogen-bond acceptors (Lipinski definition) is 2. The molecule has 0 saturated carbocycles. The Morgan fingerprint density at radius 1 is 0.680 bits per heavy atom. The maximum atomic E-state index is 6.04. The lowest BCUT2D eigenvalue weighted by atomic mass is 10.1. The number of halogens is 1.